The van der Waals surface area contributed by atoms with Gasteiger partial charge in [-0.1, -0.05) is 6.07 Å². The lowest BCUT2D eigenvalue weighted by atomic mass is 10.2. The molecule has 0 radical (unpaired) electrons. The number of benzene rings is 1. The highest BCUT2D eigenvalue weighted by Crippen LogP contribution is 2.40. The third-order valence-electron chi connectivity index (χ3n) is 5.41. The number of pyridine rings is 1. The van der Waals surface area contributed by atoms with Crippen molar-refractivity contribution < 1.29 is 9.66 Å². The smallest absolute Gasteiger partial charge is 0.294 e. The van der Waals surface area contributed by atoms with Crippen LogP contribution < -0.4 is 15.0 Å². The summed E-state index contributed by atoms with van der Waals surface area (Å²) in [6.07, 6.45) is 5.31. The van der Waals surface area contributed by atoms with Gasteiger partial charge < -0.3 is 19.9 Å². The minimum atomic E-state index is -0.421. The maximum Gasteiger partial charge on any atom is 0.294 e. The molecule has 176 valence electrons. The van der Waals surface area contributed by atoms with Crippen LogP contribution in [0.3, 0.4) is 0 Å². The topological polar surface area (TPSA) is 114 Å². The molecule has 3 heterocycles. The lowest BCUT2D eigenvalue weighted by Crippen LogP contribution is -2.30. The summed E-state index contributed by atoms with van der Waals surface area (Å²) >= 11 is 0. The molecule has 0 spiro atoms. The van der Waals surface area contributed by atoms with Gasteiger partial charge in [-0.25, -0.2) is 14.5 Å². The highest BCUT2D eigenvalue weighted by molar-refractivity contribution is 5.80. The van der Waals surface area contributed by atoms with Crippen LogP contribution in [0.5, 0.6) is 5.75 Å². The zero-order chi connectivity index (χ0) is 24.2. The molecule has 0 bridgehead atoms. The number of aromatic nitrogens is 4. The summed E-state index contributed by atoms with van der Waals surface area (Å²) in [6, 6.07) is 10.8. The number of likely N-dealkylation sites (N-methyl/N-ethyl adjacent to an activating group) is 1. The predicted octanol–water partition coefficient (Wildman–Crippen LogP) is 3.45. The van der Waals surface area contributed by atoms with E-state index in [1.54, 1.807) is 30.0 Å². The summed E-state index contributed by atoms with van der Waals surface area (Å²) in [5.41, 5.74) is 3.28. The lowest BCUT2D eigenvalue weighted by molar-refractivity contribution is -0.383. The van der Waals surface area contributed by atoms with Crippen LogP contribution in [-0.4, -0.2) is 70.7 Å². The molecule has 3 aromatic heterocycles. The van der Waals surface area contributed by atoms with Crippen molar-refractivity contribution in [3.05, 3.63) is 65.1 Å². The fourth-order valence-corrected chi connectivity index (χ4v) is 3.67. The van der Waals surface area contributed by atoms with E-state index in [4.69, 9.17) is 9.72 Å². The highest BCUT2D eigenvalue weighted by atomic mass is 16.6. The van der Waals surface area contributed by atoms with Gasteiger partial charge in [0.2, 0.25) is 5.95 Å². The average molecular weight is 463 g/mol. The minimum Gasteiger partial charge on any atom is -0.494 e. The van der Waals surface area contributed by atoms with Crippen molar-refractivity contribution in [1.82, 2.24) is 24.5 Å². The van der Waals surface area contributed by atoms with E-state index in [1.165, 1.54) is 13.2 Å². The SMILES string of the molecule is CNc1cc(OC)c(N(CCN(C)C)c2nccc(-c3cnn4ccccc34)n2)cc1[N+](=O)[O-]. The number of hydrogen-bond acceptors (Lipinski definition) is 9. The van der Waals surface area contributed by atoms with Crippen molar-refractivity contribution >= 4 is 28.5 Å². The van der Waals surface area contributed by atoms with Gasteiger partial charge in [-0.05, 0) is 32.3 Å². The van der Waals surface area contributed by atoms with Crippen molar-refractivity contribution in [3.63, 3.8) is 0 Å². The van der Waals surface area contributed by atoms with E-state index in [0.717, 1.165) is 11.1 Å². The Morgan fingerprint density at radius 2 is 2.03 bits per heavy atom. The molecule has 0 saturated heterocycles. The van der Waals surface area contributed by atoms with Gasteiger partial charge in [-0.2, -0.15) is 5.10 Å². The maximum atomic E-state index is 11.7. The van der Waals surface area contributed by atoms with E-state index in [-0.39, 0.29) is 5.69 Å². The van der Waals surface area contributed by atoms with Crippen molar-refractivity contribution in [2.75, 3.05) is 51.6 Å². The molecule has 11 nitrogen and oxygen atoms in total. The number of nitro benzene ring substituents is 1. The van der Waals surface area contributed by atoms with Gasteiger partial charge in [-0.3, -0.25) is 10.1 Å². The first-order valence-corrected chi connectivity index (χ1v) is 10.6. The summed E-state index contributed by atoms with van der Waals surface area (Å²) in [4.78, 5) is 24.5. The van der Waals surface area contributed by atoms with Gasteiger partial charge >= 0.3 is 0 Å². The van der Waals surface area contributed by atoms with Crippen LogP contribution in [0.4, 0.5) is 23.0 Å². The first-order valence-electron chi connectivity index (χ1n) is 10.6. The zero-order valence-electron chi connectivity index (χ0n) is 19.5. The molecule has 11 heteroatoms. The number of ether oxygens (including phenoxy) is 1. The highest BCUT2D eigenvalue weighted by Gasteiger charge is 2.24. The number of methoxy groups -OCH3 is 1. The van der Waals surface area contributed by atoms with Gasteiger partial charge in [0.1, 0.15) is 11.4 Å². The van der Waals surface area contributed by atoms with Gasteiger partial charge in [0.05, 0.1) is 35.1 Å². The molecule has 0 amide bonds. The average Bonchev–Trinajstić information content (AvgIpc) is 3.28. The molecule has 0 atom stereocenters. The number of nitrogens with one attached hydrogen (secondary N) is 1. The minimum absolute atomic E-state index is 0.0630. The van der Waals surface area contributed by atoms with E-state index in [0.29, 0.717) is 41.9 Å². The van der Waals surface area contributed by atoms with Crippen molar-refractivity contribution in [1.29, 1.82) is 0 Å². The number of rotatable bonds is 9. The van der Waals surface area contributed by atoms with Gasteiger partial charge in [-0.15, -0.1) is 0 Å². The van der Waals surface area contributed by atoms with E-state index in [1.807, 2.05) is 54.4 Å². The van der Waals surface area contributed by atoms with Gasteiger partial charge in [0, 0.05) is 50.2 Å². The Hall–Kier alpha value is -4.25. The Bertz CT molecular complexity index is 1320. The van der Waals surface area contributed by atoms with Crippen LogP contribution in [0.25, 0.3) is 16.8 Å². The molecular weight excluding hydrogens is 436 g/mol. The normalized spacial score (nSPS) is 11.1. The van der Waals surface area contributed by atoms with Crippen LogP contribution >= 0.6 is 0 Å². The summed E-state index contributed by atoms with van der Waals surface area (Å²) in [6.45, 7) is 1.15. The van der Waals surface area contributed by atoms with E-state index in [9.17, 15) is 10.1 Å². The van der Waals surface area contributed by atoms with Crippen molar-refractivity contribution in [3.8, 4) is 17.0 Å². The van der Waals surface area contributed by atoms with E-state index < -0.39 is 4.92 Å². The fourth-order valence-electron chi connectivity index (χ4n) is 3.67. The molecule has 4 rings (SSSR count). The Balaban J connectivity index is 1.85. The lowest BCUT2D eigenvalue weighted by Gasteiger charge is -2.26. The summed E-state index contributed by atoms with van der Waals surface area (Å²) in [7, 11) is 7.08. The summed E-state index contributed by atoms with van der Waals surface area (Å²) in [5, 5.41) is 19.0. The third-order valence-corrected chi connectivity index (χ3v) is 5.41. The fraction of sp³-hybridized carbons (Fsp3) is 0.261. The van der Waals surface area contributed by atoms with Crippen LogP contribution in [0, 0.1) is 10.1 Å². The number of nitro groups is 1. The molecule has 1 aromatic carbocycles. The number of anilines is 3. The molecule has 34 heavy (non-hydrogen) atoms. The second-order valence-electron chi connectivity index (χ2n) is 7.83. The molecule has 0 saturated carbocycles. The second-order valence-corrected chi connectivity index (χ2v) is 7.83. The summed E-state index contributed by atoms with van der Waals surface area (Å²) < 4.78 is 7.39. The standard InChI is InChI=1S/C23H26N8O3/c1-24-18-13-22(34-4)21(14-20(18)31(32)33)29(12-11-28(2)3)23-25-9-8-17(27-23)16-15-26-30-10-6-5-7-19(16)30/h5-10,13-15,24H,11-12H2,1-4H3. The largest absolute Gasteiger partial charge is 0.494 e. The van der Waals surface area contributed by atoms with Gasteiger partial charge in [0.25, 0.3) is 5.69 Å². The first kappa shape index (κ1) is 22.9. The number of hydrogen-bond donors (Lipinski definition) is 1. The van der Waals surface area contributed by atoms with Crippen molar-refractivity contribution in [2.45, 2.75) is 0 Å². The molecule has 1 N–H and O–H groups in total. The molecule has 4 aromatic rings. The molecule has 0 aliphatic heterocycles. The Labute approximate surface area is 196 Å². The zero-order valence-corrected chi connectivity index (χ0v) is 19.5. The Morgan fingerprint density at radius 3 is 2.74 bits per heavy atom. The van der Waals surface area contributed by atoms with Crippen LogP contribution in [-0.2, 0) is 0 Å². The first-order chi connectivity index (χ1) is 16.4. The molecule has 0 aliphatic rings. The number of nitrogens with zero attached hydrogens (tertiary/aromatic N) is 7. The van der Waals surface area contributed by atoms with Crippen LogP contribution in [0.1, 0.15) is 0 Å². The molecule has 0 unspecified atom stereocenters. The Kier molecular flexibility index (Phi) is 6.55. The quantitative estimate of drug-likeness (QED) is 0.295. The van der Waals surface area contributed by atoms with Crippen LogP contribution in [0.15, 0.2) is 55.0 Å². The predicted molar refractivity (Wildman–Crippen MR) is 131 cm³/mol. The monoisotopic (exact) mass is 462 g/mol. The molecule has 0 aliphatic carbocycles. The third kappa shape index (κ3) is 4.46. The van der Waals surface area contributed by atoms with E-state index in [2.05, 4.69) is 15.4 Å². The Morgan fingerprint density at radius 1 is 1.21 bits per heavy atom. The molecule has 0 fully saturated rings. The summed E-state index contributed by atoms with van der Waals surface area (Å²) in [5.74, 6) is 0.873. The van der Waals surface area contributed by atoms with Crippen LogP contribution in [0.2, 0.25) is 0 Å². The maximum absolute atomic E-state index is 11.7. The second kappa shape index (κ2) is 9.71. The van der Waals surface area contributed by atoms with Gasteiger partial charge in [0.15, 0.2) is 0 Å². The molecular formula is C23H26N8O3. The van der Waals surface area contributed by atoms with Crippen molar-refractivity contribution in [2.24, 2.45) is 0 Å². The number of fused-ring (bicyclic) bond motifs is 1. The van der Waals surface area contributed by atoms with E-state index >= 15 is 0 Å².